The van der Waals surface area contributed by atoms with E-state index in [1.165, 1.54) is 0 Å². The molecule has 9 nitrogen and oxygen atoms in total. The Morgan fingerprint density at radius 3 is 2.12 bits per heavy atom. The Hall–Kier alpha value is -1.71. The van der Waals surface area contributed by atoms with Gasteiger partial charge in [0.15, 0.2) is 12.2 Å². The molecule has 2 aliphatic heterocycles. The molecule has 9 heteroatoms. The lowest BCUT2D eigenvalue weighted by Crippen LogP contribution is -2.42. The van der Waals surface area contributed by atoms with Gasteiger partial charge in [0.05, 0.1) is 13.2 Å². The molecule has 0 bridgehead atoms. The van der Waals surface area contributed by atoms with Crippen molar-refractivity contribution in [1.29, 1.82) is 0 Å². The number of ether oxygens (including phenoxy) is 4. The summed E-state index contributed by atoms with van der Waals surface area (Å²) in [4.78, 5) is 34.3. The molecule has 0 spiro atoms. The maximum Gasteiger partial charge on any atom is 0.329 e. The number of hydrogen-bond donors (Lipinski definition) is 2. The van der Waals surface area contributed by atoms with Crippen LogP contribution in [0.3, 0.4) is 0 Å². The normalized spacial score (nSPS) is 31.0. The van der Waals surface area contributed by atoms with Crippen LogP contribution in [0.4, 0.5) is 0 Å². The van der Waals surface area contributed by atoms with Gasteiger partial charge in [-0.2, -0.15) is 0 Å². The van der Waals surface area contributed by atoms with Crippen molar-refractivity contribution in [3.8, 4) is 0 Å². The number of hydrogen-bond acceptors (Lipinski definition) is 8. The summed E-state index contributed by atoms with van der Waals surface area (Å²) < 4.78 is 21.9. The van der Waals surface area contributed by atoms with Gasteiger partial charge in [0.2, 0.25) is 6.41 Å². The second kappa shape index (κ2) is 8.41. The molecule has 2 saturated heterocycles. The fourth-order valence-corrected chi connectivity index (χ4v) is 2.70. The highest BCUT2D eigenvalue weighted by Gasteiger charge is 2.51. The Kier molecular flexibility index (Phi) is 6.52. The zero-order valence-electron chi connectivity index (χ0n) is 13.8. The Labute approximate surface area is 140 Å². The molecule has 136 valence electrons. The monoisotopic (exact) mass is 344 g/mol. The lowest BCUT2D eigenvalue weighted by atomic mass is 10.1. The third-order valence-electron chi connectivity index (χ3n) is 4.20. The second-order valence-corrected chi connectivity index (χ2v) is 5.81. The highest BCUT2D eigenvalue weighted by Crippen LogP contribution is 2.31. The number of carbonyl (C=O) groups excluding carboxylic acids is 3. The summed E-state index contributed by atoms with van der Waals surface area (Å²) in [6, 6.07) is -1.39. The average molecular weight is 344 g/mol. The number of amides is 1. The molecule has 0 aliphatic carbocycles. The summed E-state index contributed by atoms with van der Waals surface area (Å²) in [6.07, 6.45) is -0.818. The fourth-order valence-electron chi connectivity index (χ4n) is 2.70. The molecule has 0 saturated carbocycles. The Morgan fingerprint density at radius 2 is 1.67 bits per heavy atom. The number of carbonyl (C=O) groups is 3. The molecule has 24 heavy (non-hydrogen) atoms. The van der Waals surface area contributed by atoms with Gasteiger partial charge < -0.3 is 30.0 Å². The zero-order valence-corrected chi connectivity index (χ0v) is 13.8. The third-order valence-corrected chi connectivity index (χ3v) is 4.20. The fraction of sp³-hybridized carbons (Fsp3) is 0.800. The molecule has 0 aromatic heterocycles. The first-order valence-electron chi connectivity index (χ1n) is 8.11. The second-order valence-electron chi connectivity index (χ2n) is 5.81. The van der Waals surface area contributed by atoms with E-state index in [4.69, 9.17) is 24.7 Å². The number of nitrogens with two attached hydrogens (primary N) is 1. The quantitative estimate of drug-likeness (QED) is 0.418. The predicted molar refractivity (Wildman–Crippen MR) is 80.8 cm³/mol. The number of rotatable bonds is 8. The van der Waals surface area contributed by atoms with E-state index in [0.717, 1.165) is 0 Å². The molecule has 2 fully saturated rings. The van der Waals surface area contributed by atoms with E-state index in [1.807, 2.05) is 0 Å². The lowest BCUT2D eigenvalue weighted by molar-refractivity contribution is -0.158. The number of nitrogens with one attached hydrogen (secondary N) is 1. The highest BCUT2D eigenvalue weighted by molar-refractivity contribution is 5.78. The van der Waals surface area contributed by atoms with Gasteiger partial charge in [0.25, 0.3) is 0 Å². The molecular weight excluding hydrogens is 320 g/mol. The van der Waals surface area contributed by atoms with Crippen molar-refractivity contribution in [1.82, 2.24) is 5.32 Å². The van der Waals surface area contributed by atoms with Crippen LogP contribution >= 0.6 is 0 Å². The smallest absolute Gasteiger partial charge is 0.329 e. The van der Waals surface area contributed by atoms with Crippen molar-refractivity contribution in [2.24, 2.45) is 5.73 Å². The van der Waals surface area contributed by atoms with Crippen LogP contribution in [0, 0.1) is 0 Å². The molecule has 2 aliphatic rings. The highest BCUT2D eigenvalue weighted by atomic mass is 16.7. The minimum absolute atomic E-state index is 0.145. The standard InChI is InChI=1S/C15H24N2O7/c1-3-8(16)14(19)23-10-5-21-13-11(6-22-12(10)13)24-15(20)9(4-2)17-7-18/h7-13H,3-6,16H2,1-2H3,(H,17,18)/t8?,9?,10-,11+,12?,13?/m0/s1. The minimum Gasteiger partial charge on any atom is -0.456 e. The van der Waals surface area contributed by atoms with Crippen molar-refractivity contribution >= 4 is 18.3 Å². The minimum atomic E-state index is -0.709. The molecule has 0 radical (unpaired) electrons. The van der Waals surface area contributed by atoms with Crippen LogP contribution < -0.4 is 11.1 Å². The van der Waals surface area contributed by atoms with Crippen LogP contribution in [0.2, 0.25) is 0 Å². The summed E-state index contributed by atoms with van der Waals surface area (Å²) in [5, 5.41) is 2.40. The van der Waals surface area contributed by atoms with Gasteiger partial charge in [0.1, 0.15) is 24.3 Å². The summed E-state index contributed by atoms with van der Waals surface area (Å²) in [7, 11) is 0. The first kappa shape index (κ1) is 18.6. The van der Waals surface area contributed by atoms with Crippen molar-refractivity contribution in [3.63, 3.8) is 0 Å². The Balaban J connectivity index is 1.89. The first-order valence-corrected chi connectivity index (χ1v) is 8.11. The lowest BCUT2D eigenvalue weighted by Gasteiger charge is -2.20. The maximum atomic E-state index is 12.0. The van der Waals surface area contributed by atoms with E-state index < -0.39 is 48.4 Å². The average Bonchev–Trinajstić information content (AvgIpc) is 3.15. The van der Waals surface area contributed by atoms with Gasteiger partial charge in [-0.15, -0.1) is 0 Å². The van der Waals surface area contributed by atoms with E-state index in [9.17, 15) is 14.4 Å². The van der Waals surface area contributed by atoms with Gasteiger partial charge >= 0.3 is 11.9 Å². The summed E-state index contributed by atoms with van der Waals surface area (Å²) >= 11 is 0. The summed E-state index contributed by atoms with van der Waals surface area (Å²) in [6.45, 7) is 3.86. The van der Waals surface area contributed by atoms with Crippen LogP contribution in [0.5, 0.6) is 0 Å². The van der Waals surface area contributed by atoms with E-state index >= 15 is 0 Å². The SMILES string of the molecule is CCC(N)C(=O)O[C@H]1COC2C1OC[C@H]2OC(=O)C(CC)NC=O. The van der Waals surface area contributed by atoms with Gasteiger partial charge in [-0.3, -0.25) is 9.59 Å². The molecule has 4 unspecified atom stereocenters. The molecule has 0 aromatic carbocycles. The van der Waals surface area contributed by atoms with E-state index in [2.05, 4.69) is 5.32 Å². The van der Waals surface area contributed by atoms with Crippen molar-refractivity contribution in [3.05, 3.63) is 0 Å². The van der Waals surface area contributed by atoms with Crippen LogP contribution in [0.25, 0.3) is 0 Å². The molecule has 2 rings (SSSR count). The van der Waals surface area contributed by atoms with Gasteiger partial charge in [-0.25, -0.2) is 4.79 Å². The predicted octanol–water partition coefficient (Wildman–Crippen LogP) is -1.13. The van der Waals surface area contributed by atoms with E-state index in [-0.39, 0.29) is 13.2 Å². The molecule has 3 N–H and O–H groups in total. The topological polar surface area (TPSA) is 126 Å². The zero-order chi connectivity index (χ0) is 17.7. The van der Waals surface area contributed by atoms with Gasteiger partial charge in [-0.1, -0.05) is 13.8 Å². The summed E-state index contributed by atoms with van der Waals surface area (Å²) in [5.74, 6) is -1.05. The van der Waals surface area contributed by atoms with Gasteiger partial charge in [0, 0.05) is 0 Å². The Bertz CT molecular complexity index is 473. The largest absolute Gasteiger partial charge is 0.456 e. The molecule has 2 heterocycles. The molecule has 1 amide bonds. The molecular formula is C15H24N2O7. The maximum absolute atomic E-state index is 12.0. The van der Waals surface area contributed by atoms with Crippen molar-refractivity contribution < 1.29 is 33.3 Å². The van der Waals surface area contributed by atoms with Crippen LogP contribution in [-0.2, 0) is 33.3 Å². The number of fused-ring (bicyclic) bond motifs is 1. The Morgan fingerprint density at radius 1 is 1.12 bits per heavy atom. The summed E-state index contributed by atoms with van der Waals surface area (Å²) in [5.41, 5.74) is 5.64. The number of esters is 2. The van der Waals surface area contributed by atoms with Crippen molar-refractivity contribution in [2.75, 3.05) is 13.2 Å². The van der Waals surface area contributed by atoms with Crippen LogP contribution in [0.1, 0.15) is 26.7 Å². The van der Waals surface area contributed by atoms with Crippen LogP contribution in [-0.4, -0.2) is 68.1 Å². The van der Waals surface area contributed by atoms with Crippen molar-refractivity contribution in [2.45, 2.75) is 63.2 Å². The van der Waals surface area contributed by atoms with Gasteiger partial charge in [-0.05, 0) is 12.8 Å². The first-order chi connectivity index (χ1) is 11.5. The van der Waals surface area contributed by atoms with E-state index in [1.54, 1.807) is 13.8 Å². The third kappa shape index (κ3) is 4.03. The van der Waals surface area contributed by atoms with Crippen LogP contribution in [0.15, 0.2) is 0 Å². The van der Waals surface area contributed by atoms with E-state index in [0.29, 0.717) is 19.3 Å². The molecule has 0 aromatic rings. The molecule has 6 atom stereocenters.